The first kappa shape index (κ1) is 89.2. The molecule has 0 unspecified atom stereocenters. The molecule has 4 fully saturated rings. The van der Waals surface area contributed by atoms with Gasteiger partial charge >= 0.3 is 0 Å². The van der Waals surface area contributed by atoms with Gasteiger partial charge in [0.05, 0.1) is 5.56 Å². The Hall–Kier alpha value is -13.5. The summed E-state index contributed by atoms with van der Waals surface area (Å²) in [6.45, 7) is 11.4. The number of hydrogen-bond acceptors (Lipinski definition) is 13. The van der Waals surface area contributed by atoms with Crippen molar-refractivity contribution in [2.24, 2.45) is 22.9 Å². The molecule has 4 atom stereocenters. The Labute approximate surface area is 746 Å². The van der Waals surface area contributed by atoms with Gasteiger partial charge in [0, 0.05) is 174 Å². The normalized spacial score (nSPS) is 15.8. The highest BCUT2D eigenvalue weighted by atomic mass is 35.5. The molecule has 4 aliphatic heterocycles. The molecule has 0 saturated carbocycles. The van der Waals surface area contributed by atoms with Gasteiger partial charge in [-0.25, -0.2) is 4.39 Å². The molecule has 0 radical (unpaired) electrons. The Morgan fingerprint density at radius 2 is 0.584 bits per heavy atom. The number of amides is 8. The smallest absolute Gasteiger partial charge is 0.248 e. The zero-order valence-electron chi connectivity index (χ0n) is 68.3. The summed E-state index contributed by atoms with van der Waals surface area (Å²) in [5.74, 6) is 1.21. The highest BCUT2D eigenvalue weighted by molar-refractivity contribution is 6.32. The number of nitrogens with zero attached hydrogens (tertiary/aromatic N) is 5. The van der Waals surface area contributed by atoms with Gasteiger partial charge in [0.25, 0.3) is 0 Å². The van der Waals surface area contributed by atoms with E-state index in [2.05, 4.69) is 6.07 Å². The van der Waals surface area contributed by atoms with Gasteiger partial charge in [-0.2, -0.15) is 5.26 Å². The first-order chi connectivity index (χ1) is 59.8. The van der Waals surface area contributed by atoms with Crippen molar-refractivity contribution in [2.45, 2.75) is 84.0 Å². The van der Waals surface area contributed by atoms with Crippen molar-refractivity contribution in [2.75, 3.05) is 45.8 Å². The van der Waals surface area contributed by atoms with E-state index in [9.17, 15) is 48.0 Å². The third-order valence-corrected chi connectivity index (χ3v) is 22.9. The standard InChI is InChI=1S/C25H20ClN3O3.C25H23ClN2O3.C24H20Cl2N2O3.C24H20ClFN2O3/c1-15-5-6-17(13-27)22(9-15)32-23-12-19(26)7-8-21(23)18-11-24(30)29(14-18)20-4-2-3-16(10-20)25(28)31;1-15-6-7-16(2)22(10-15)31-23-13-19(26)8-9-21(23)18-12-24(29)28(14-18)20-5-3-4-17(11-20)25(27)30;1-14-5-6-17(25)11-21(14)31-22-12-18(26)7-8-20(22)16-10-23(29)28(13-16)19-4-2-3-15(9-19)24(27)30;1-14-5-7-18(26)12-21(14)31-22-11-17(25)6-8-20(22)16-10-23(29)28(13-16)19-4-2-3-15(9-19)24(27)30/h2-10,12,18H,11,14H2,1H3,(H2,28,31);3-11,13,18H,12,14H2,1-2H3,(H2,27,30);2*2-9,11-12,16H,10,13H2,1H3,(H2,27,30)/t2*18-;2*16-/m0000/s1. The van der Waals surface area contributed by atoms with Crippen LogP contribution in [0.3, 0.4) is 0 Å². The molecule has 12 aromatic carbocycles. The van der Waals surface area contributed by atoms with E-state index < -0.39 is 29.4 Å². The number of ether oxygens (including phenoxy) is 4. The number of anilines is 4. The second-order valence-corrected chi connectivity index (χ2v) is 32.8. The van der Waals surface area contributed by atoms with Crippen LogP contribution in [0.4, 0.5) is 27.1 Å². The molecule has 12 aromatic rings. The first-order valence-corrected chi connectivity index (χ1v) is 41.5. The third kappa shape index (κ3) is 21.7. The molecule has 125 heavy (non-hydrogen) atoms. The number of nitriles is 1. The lowest BCUT2D eigenvalue weighted by Gasteiger charge is -2.19. The van der Waals surface area contributed by atoms with Crippen LogP contribution < -0.4 is 61.5 Å². The summed E-state index contributed by atoms with van der Waals surface area (Å²) in [5, 5.41) is 12.1. The molecule has 21 nitrogen and oxygen atoms in total. The van der Waals surface area contributed by atoms with Crippen LogP contribution in [-0.4, -0.2) is 73.4 Å². The van der Waals surface area contributed by atoms with Crippen LogP contribution in [0.1, 0.15) is 146 Å². The fraction of sp³-hybridized carbons (Fsp3) is 0.173. The lowest BCUT2D eigenvalue weighted by atomic mass is 9.97. The van der Waals surface area contributed by atoms with E-state index >= 15 is 0 Å². The van der Waals surface area contributed by atoms with Crippen molar-refractivity contribution in [1.82, 2.24) is 0 Å². The Morgan fingerprint density at radius 3 is 0.896 bits per heavy atom. The van der Waals surface area contributed by atoms with Crippen LogP contribution in [0.5, 0.6) is 46.0 Å². The Bertz CT molecular complexity index is 5860. The maximum absolute atomic E-state index is 13.7. The number of aryl methyl sites for hydroxylation is 5. The predicted molar refractivity (Wildman–Crippen MR) is 484 cm³/mol. The minimum absolute atomic E-state index is 0.0146. The van der Waals surface area contributed by atoms with Crippen molar-refractivity contribution in [3.8, 4) is 52.1 Å². The van der Waals surface area contributed by atoms with E-state index in [0.29, 0.717) is 155 Å². The van der Waals surface area contributed by atoms with Gasteiger partial charge in [-0.1, -0.05) is 137 Å². The maximum atomic E-state index is 13.7. The highest BCUT2D eigenvalue weighted by Gasteiger charge is 2.39. The van der Waals surface area contributed by atoms with E-state index in [4.69, 9.17) is 99.9 Å². The SMILES string of the molecule is Cc1ccc(C#N)c(Oc2cc(Cl)ccc2[C@H]2CC(=O)N(c3cccc(C(N)=O)c3)C2)c1.Cc1ccc(C)c(Oc2cc(Cl)ccc2[C@H]2CC(=O)N(c3cccc(C(N)=O)c3)C2)c1.Cc1ccc(Cl)cc1Oc1cc(Cl)ccc1[C@H]1CC(=O)N(c2cccc(C(N)=O)c2)C1.Cc1ccc(F)cc1Oc1cc(Cl)ccc1[C@H]1CC(=O)N(c2cccc(C(N)=O)c2)C1. The molecule has 0 spiro atoms. The van der Waals surface area contributed by atoms with E-state index in [1.165, 1.54) is 12.1 Å². The molecule has 0 aliphatic carbocycles. The van der Waals surface area contributed by atoms with Gasteiger partial charge in [-0.05, 0) is 220 Å². The molecule has 4 saturated heterocycles. The fourth-order valence-electron chi connectivity index (χ4n) is 15.2. The number of carbonyl (C=O) groups excluding carboxylic acids is 8. The summed E-state index contributed by atoms with van der Waals surface area (Å²) in [6, 6.07) is 71.8. The molecule has 4 heterocycles. The number of hydrogen-bond donors (Lipinski definition) is 4. The van der Waals surface area contributed by atoms with Crippen LogP contribution in [0.25, 0.3) is 0 Å². The molecule has 8 amide bonds. The summed E-state index contributed by atoms with van der Waals surface area (Å²) >= 11 is 31.0. The van der Waals surface area contributed by atoms with E-state index in [1.807, 2.05) is 101 Å². The second-order valence-electron chi connectivity index (χ2n) is 30.6. The van der Waals surface area contributed by atoms with Gasteiger partial charge < -0.3 is 61.5 Å². The Balaban J connectivity index is 0.000000143. The topological polar surface area (TPSA) is 314 Å². The molecule has 27 heteroatoms. The number of nitrogens with two attached hydrogens (primary N) is 4. The van der Waals surface area contributed by atoms with Crippen LogP contribution in [0.2, 0.25) is 25.1 Å². The average Bonchev–Trinajstić information content (AvgIpc) is 1.77. The third-order valence-electron chi connectivity index (χ3n) is 21.7. The van der Waals surface area contributed by atoms with Crippen LogP contribution in [0.15, 0.2) is 243 Å². The largest absolute Gasteiger partial charge is 0.457 e. The number of rotatable bonds is 20. The molecule has 4 aliphatic rings. The highest BCUT2D eigenvalue weighted by Crippen LogP contribution is 2.46. The molecule has 16 rings (SSSR count). The Kier molecular flexibility index (Phi) is 28.1. The van der Waals surface area contributed by atoms with Crippen LogP contribution in [-0.2, 0) is 19.2 Å². The summed E-state index contributed by atoms with van der Waals surface area (Å²) in [6.07, 6.45) is 1.19. The molecule has 0 aromatic heterocycles. The van der Waals surface area contributed by atoms with Crippen molar-refractivity contribution in [1.29, 1.82) is 5.26 Å². The number of halogens is 6. The minimum atomic E-state index is -0.552. The Morgan fingerprint density at radius 1 is 0.328 bits per heavy atom. The predicted octanol–water partition coefficient (Wildman–Crippen LogP) is 21.2. The second kappa shape index (κ2) is 39.3. The molecule has 0 bridgehead atoms. The van der Waals surface area contributed by atoms with Gasteiger partial charge in [0.2, 0.25) is 47.3 Å². The lowest BCUT2D eigenvalue weighted by Crippen LogP contribution is -2.24. The summed E-state index contributed by atoms with van der Waals surface area (Å²) in [5.41, 5.74) is 34.1. The summed E-state index contributed by atoms with van der Waals surface area (Å²) < 4.78 is 38.3. The van der Waals surface area contributed by atoms with Crippen molar-refractivity contribution < 1.29 is 61.7 Å². The monoisotopic (exact) mass is 1770 g/mol. The van der Waals surface area contributed by atoms with E-state index in [0.717, 1.165) is 55.8 Å². The van der Waals surface area contributed by atoms with Crippen LogP contribution in [0, 0.1) is 51.8 Å². The quantitative estimate of drug-likeness (QED) is 0.0552. The first-order valence-electron chi connectivity index (χ1n) is 39.6. The average molecular weight is 1780 g/mol. The van der Waals surface area contributed by atoms with Crippen molar-refractivity contribution >= 4 is 128 Å². The van der Waals surface area contributed by atoms with E-state index in [1.54, 1.807) is 183 Å². The van der Waals surface area contributed by atoms with E-state index in [-0.39, 0.29) is 60.1 Å². The lowest BCUT2D eigenvalue weighted by molar-refractivity contribution is -0.118. The summed E-state index contributed by atoms with van der Waals surface area (Å²) in [7, 11) is 0. The molecule has 8 N–H and O–H groups in total. The van der Waals surface area contributed by atoms with Gasteiger partial charge in [0.15, 0.2) is 0 Å². The molecular weight excluding hydrogens is 1690 g/mol. The summed E-state index contributed by atoms with van der Waals surface area (Å²) in [4.78, 5) is 104. The van der Waals surface area contributed by atoms with Gasteiger partial charge in [-0.3, -0.25) is 38.4 Å². The van der Waals surface area contributed by atoms with Gasteiger partial charge in [0.1, 0.15) is 57.9 Å². The van der Waals surface area contributed by atoms with Gasteiger partial charge in [-0.15, -0.1) is 0 Å². The minimum Gasteiger partial charge on any atom is -0.457 e. The fourth-order valence-corrected chi connectivity index (χ4v) is 16.0. The number of primary amides is 4. The maximum Gasteiger partial charge on any atom is 0.248 e. The molecule has 634 valence electrons. The van der Waals surface area contributed by atoms with Crippen molar-refractivity contribution in [3.63, 3.8) is 0 Å². The number of carbonyl (C=O) groups is 8. The zero-order valence-corrected chi connectivity index (χ0v) is 72.1. The van der Waals surface area contributed by atoms with Crippen LogP contribution >= 0.6 is 58.0 Å². The van der Waals surface area contributed by atoms with Crippen molar-refractivity contribution in [3.05, 3.63) is 351 Å². The molecular formula is C98H83Cl5FN9O12. The number of benzene rings is 12. The zero-order chi connectivity index (χ0) is 89.2.